The minimum atomic E-state index is -0.457. The fourth-order valence-corrected chi connectivity index (χ4v) is 6.07. The van der Waals surface area contributed by atoms with Gasteiger partial charge in [0.1, 0.15) is 5.37 Å². The van der Waals surface area contributed by atoms with E-state index in [0.29, 0.717) is 28.9 Å². The van der Waals surface area contributed by atoms with Gasteiger partial charge in [-0.05, 0) is 54.4 Å². The van der Waals surface area contributed by atoms with Crippen LogP contribution in [0.4, 0.5) is 5.69 Å². The third kappa shape index (κ3) is 4.65. The summed E-state index contributed by atoms with van der Waals surface area (Å²) in [6, 6.07) is 18.3. The van der Waals surface area contributed by atoms with Gasteiger partial charge in [-0.3, -0.25) is 14.4 Å². The topological polar surface area (TPSA) is 113 Å². The average molecular weight is 503 g/mol. The van der Waals surface area contributed by atoms with Gasteiger partial charge in [0.25, 0.3) is 11.8 Å². The number of thioether (sulfide) groups is 1. The number of carbonyl (C=O) groups is 3. The van der Waals surface area contributed by atoms with Crippen molar-refractivity contribution in [3.05, 3.63) is 99.6 Å². The van der Waals surface area contributed by atoms with Crippen LogP contribution in [0.25, 0.3) is 0 Å². The third-order valence-electron chi connectivity index (χ3n) is 5.85. The Morgan fingerprint density at radius 3 is 2.57 bits per heavy atom. The molecule has 9 heteroatoms. The minimum Gasteiger partial charge on any atom is -0.374 e. The molecular weight excluding hydrogens is 480 g/mol. The number of amides is 3. The number of nitrogens with one attached hydrogen (secondary N) is 3. The number of rotatable bonds is 5. The zero-order valence-electron chi connectivity index (χ0n) is 18.8. The van der Waals surface area contributed by atoms with Crippen LogP contribution >= 0.6 is 23.5 Å². The number of benzene rings is 3. The van der Waals surface area contributed by atoms with Crippen molar-refractivity contribution in [2.75, 3.05) is 11.9 Å². The zero-order chi connectivity index (χ0) is 24.5. The lowest BCUT2D eigenvalue weighted by molar-refractivity contribution is 0.0954. The molecule has 0 aromatic heterocycles. The van der Waals surface area contributed by atoms with Gasteiger partial charge in [0, 0.05) is 32.0 Å². The molecule has 3 amide bonds. The van der Waals surface area contributed by atoms with Crippen LogP contribution in [-0.2, 0) is 0 Å². The van der Waals surface area contributed by atoms with Gasteiger partial charge in [0.15, 0.2) is 0 Å². The van der Waals surface area contributed by atoms with Crippen LogP contribution in [0, 0.1) is 6.92 Å². The first-order chi connectivity index (χ1) is 16.9. The molecule has 1 unspecified atom stereocenters. The molecule has 2 heterocycles. The summed E-state index contributed by atoms with van der Waals surface area (Å²) in [6.07, 6.45) is 1.88. The Labute approximate surface area is 210 Å². The summed E-state index contributed by atoms with van der Waals surface area (Å²) in [5, 5.41) is 9.24. The van der Waals surface area contributed by atoms with Gasteiger partial charge in [-0.2, -0.15) is 0 Å². The molecule has 3 aromatic carbocycles. The van der Waals surface area contributed by atoms with Crippen molar-refractivity contribution in [1.29, 1.82) is 0 Å². The second-order valence-corrected chi connectivity index (χ2v) is 10.4. The minimum absolute atomic E-state index is 0.00747. The molecule has 5 N–H and O–H groups in total. The van der Waals surface area contributed by atoms with Gasteiger partial charge in [0.2, 0.25) is 5.91 Å². The number of nitrogens with two attached hydrogens (primary N) is 1. The van der Waals surface area contributed by atoms with Gasteiger partial charge in [-0.25, -0.2) is 0 Å². The number of fused-ring (bicyclic) bond motifs is 2. The number of carbonyl (C=O) groups excluding carboxylic acids is 3. The second kappa shape index (κ2) is 9.52. The predicted octanol–water partition coefficient (Wildman–Crippen LogP) is 4.42. The molecule has 5 rings (SSSR count). The molecule has 0 saturated heterocycles. The smallest absolute Gasteiger partial charge is 0.256 e. The normalized spacial score (nSPS) is 16.2. The SMILES string of the molecule is Cc1c(C(=O)NCC2=CNC(c3ccc(C(N)=O)cc3)S2)ccc2c1NC(=O)c1ccccc1S2. The molecular formula is C26H22N4O3S2. The van der Waals surface area contributed by atoms with Crippen LogP contribution in [-0.4, -0.2) is 24.3 Å². The largest absolute Gasteiger partial charge is 0.374 e. The van der Waals surface area contributed by atoms with E-state index in [-0.39, 0.29) is 17.2 Å². The fraction of sp³-hybridized carbons (Fsp3) is 0.115. The average Bonchev–Trinajstić information content (AvgIpc) is 3.28. The lowest BCUT2D eigenvalue weighted by Crippen LogP contribution is -2.26. The van der Waals surface area contributed by atoms with Crippen molar-refractivity contribution >= 4 is 46.9 Å². The molecule has 0 saturated carbocycles. The summed E-state index contributed by atoms with van der Waals surface area (Å²) >= 11 is 3.11. The monoisotopic (exact) mass is 502 g/mol. The highest BCUT2D eigenvalue weighted by atomic mass is 32.2. The van der Waals surface area contributed by atoms with Crippen molar-refractivity contribution in [2.45, 2.75) is 22.1 Å². The molecule has 2 aliphatic heterocycles. The van der Waals surface area contributed by atoms with E-state index in [1.807, 2.05) is 49.5 Å². The number of anilines is 1. The maximum atomic E-state index is 13.0. The summed E-state index contributed by atoms with van der Waals surface area (Å²) in [7, 11) is 0. The number of hydrogen-bond donors (Lipinski definition) is 4. The van der Waals surface area contributed by atoms with Gasteiger partial charge in [-0.1, -0.05) is 47.8 Å². The van der Waals surface area contributed by atoms with Crippen LogP contribution in [0.1, 0.15) is 47.6 Å². The number of primary amides is 1. The Morgan fingerprint density at radius 2 is 1.80 bits per heavy atom. The molecule has 176 valence electrons. The van der Waals surface area contributed by atoms with Crippen molar-refractivity contribution < 1.29 is 14.4 Å². The first-order valence-corrected chi connectivity index (χ1v) is 12.6. The van der Waals surface area contributed by atoms with E-state index in [9.17, 15) is 14.4 Å². The van der Waals surface area contributed by atoms with Gasteiger partial charge >= 0.3 is 0 Å². The highest BCUT2D eigenvalue weighted by Crippen LogP contribution is 2.41. The first-order valence-electron chi connectivity index (χ1n) is 10.9. The van der Waals surface area contributed by atoms with E-state index >= 15 is 0 Å². The summed E-state index contributed by atoms with van der Waals surface area (Å²) in [5.74, 6) is -0.844. The van der Waals surface area contributed by atoms with Crippen molar-refractivity contribution in [2.24, 2.45) is 5.73 Å². The molecule has 7 nitrogen and oxygen atoms in total. The highest BCUT2D eigenvalue weighted by molar-refractivity contribution is 8.03. The van der Waals surface area contributed by atoms with Crippen LogP contribution in [0.5, 0.6) is 0 Å². The molecule has 0 fully saturated rings. The Bertz CT molecular complexity index is 1390. The fourth-order valence-electron chi connectivity index (χ4n) is 3.95. The molecule has 3 aromatic rings. The lowest BCUT2D eigenvalue weighted by Gasteiger charge is -2.15. The molecule has 2 aliphatic rings. The second-order valence-electron chi connectivity index (χ2n) is 8.11. The molecule has 0 aliphatic carbocycles. The molecule has 0 spiro atoms. The standard InChI is InChI=1S/C26H22N4O3S2/c1-14-18(10-11-21-22(14)30-25(33)19-4-2-3-5-20(19)35-21)24(32)28-12-17-13-29-26(34-17)16-8-6-15(7-9-16)23(27)31/h2-11,13,26,29H,12H2,1H3,(H2,27,31)(H,28,32)(H,30,33). The molecule has 1 atom stereocenters. The summed E-state index contributed by atoms with van der Waals surface area (Å²) < 4.78 is 0. The molecule has 0 bridgehead atoms. The third-order valence-corrected chi connectivity index (χ3v) is 8.19. The van der Waals surface area contributed by atoms with Crippen molar-refractivity contribution in [3.8, 4) is 0 Å². The summed E-state index contributed by atoms with van der Waals surface area (Å²) in [6.45, 7) is 2.22. The number of hydrogen-bond acceptors (Lipinski definition) is 6. The summed E-state index contributed by atoms with van der Waals surface area (Å²) in [5.41, 5.74) is 9.31. The van der Waals surface area contributed by atoms with Gasteiger partial charge in [0.05, 0.1) is 17.8 Å². The maximum absolute atomic E-state index is 13.0. The van der Waals surface area contributed by atoms with E-state index in [4.69, 9.17) is 5.73 Å². The molecule has 35 heavy (non-hydrogen) atoms. The van der Waals surface area contributed by atoms with Gasteiger partial charge in [-0.15, -0.1) is 0 Å². The van der Waals surface area contributed by atoms with E-state index in [1.54, 1.807) is 36.0 Å². The van der Waals surface area contributed by atoms with Crippen LogP contribution in [0.3, 0.4) is 0 Å². The maximum Gasteiger partial charge on any atom is 0.256 e. The van der Waals surface area contributed by atoms with Crippen molar-refractivity contribution in [3.63, 3.8) is 0 Å². The van der Waals surface area contributed by atoms with Crippen LogP contribution in [0.15, 0.2) is 81.6 Å². The van der Waals surface area contributed by atoms with Crippen LogP contribution in [0.2, 0.25) is 0 Å². The first kappa shape index (κ1) is 23.1. The Morgan fingerprint density at radius 1 is 1.03 bits per heavy atom. The van der Waals surface area contributed by atoms with E-state index < -0.39 is 5.91 Å². The highest BCUT2D eigenvalue weighted by Gasteiger charge is 2.24. The predicted molar refractivity (Wildman–Crippen MR) is 139 cm³/mol. The summed E-state index contributed by atoms with van der Waals surface area (Å²) in [4.78, 5) is 39.8. The quantitative estimate of drug-likeness (QED) is 0.411. The Kier molecular flexibility index (Phi) is 6.27. The van der Waals surface area contributed by atoms with E-state index in [1.165, 1.54) is 11.8 Å². The van der Waals surface area contributed by atoms with Crippen LogP contribution < -0.4 is 21.7 Å². The van der Waals surface area contributed by atoms with E-state index in [2.05, 4.69) is 16.0 Å². The Balaban J connectivity index is 1.24. The van der Waals surface area contributed by atoms with E-state index in [0.717, 1.165) is 25.8 Å². The lowest BCUT2D eigenvalue weighted by atomic mass is 10.1. The zero-order valence-corrected chi connectivity index (χ0v) is 20.4. The Hall–Kier alpha value is -3.69. The molecule has 0 radical (unpaired) electrons. The van der Waals surface area contributed by atoms with Crippen molar-refractivity contribution in [1.82, 2.24) is 10.6 Å². The van der Waals surface area contributed by atoms with Gasteiger partial charge < -0.3 is 21.7 Å².